The Kier molecular flexibility index (Phi) is 92.3. The third-order valence-electron chi connectivity index (χ3n) is 0.1000. The Bertz CT molecular complexity index is 60.1. The Morgan fingerprint density at radius 2 is 1.45 bits per heavy atom. The molecule has 5 nitrogen and oxygen atoms in total. The van der Waals surface area contributed by atoms with Crippen LogP contribution in [-0.4, -0.2) is 29.4 Å². The van der Waals surface area contributed by atoms with Crippen LogP contribution in [0.3, 0.4) is 0 Å². The molecule has 0 rings (SSSR count). The monoisotopic (exact) mass is 213 g/mol. The zero-order valence-electron chi connectivity index (χ0n) is 6.38. The van der Waals surface area contributed by atoms with E-state index in [0.29, 0.717) is 0 Å². The van der Waals surface area contributed by atoms with Crippen LogP contribution in [0.15, 0.2) is 0 Å². The predicted molar refractivity (Wildman–Crippen MR) is 30.8 cm³/mol. The van der Waals surface area contributed by atoms with E-state index in [-0.39, 0.29) is 41.1 Å². The van der Waals surface area contributed by atoms with E-state index in [4.69, 9.17) is 20.1 Å². The molecule has 0 unspecified atom stereocenters. The van der Waals surface area contributed by atoms with Gasteiger partial charge >= 0.3 is 0 Å². The van der Waals surface area contributed by atoms with Crippen LogP contribution in [0.1, 0.15) is 6.92 Å². The minimum absolute atomic E-state index is 0. The summed E-state index contributed by atoms with van der Waals surface area (Å²) in [5, 5.41) is 24.1. The molecule has 0 atom stereocenters. The number of quaternary nitrogens is 1. The summed E-state index contributed by atoms with van der Waals surface area (Å²) >= 11 is 0. The number of hydrogen-bond donors (Lipinski definition) is 3. The molecule has 7 heteroatoms. The maximum Gasteiger partial charge on any atom is 0.0662 e. The van der Waals surface area contributed by atoms with Crippen molar-refractivity contribution in [3.8, 4) is 0 Å². The Morgan fingerprint density at radius 3 is 1.45 bits per heavy atom. The fourth-order valence-corrected chi connectivity index (χ4v) is 0. The molecular weight excluding hydrogens is 200 g/mol. The second-order valence-electron chi connectivity index (χ2n) is 0.939. The number of hydrogen-bond acceptors (Lipinski definition) is 4. The first kappa shape index (κ1) is 30.8. The van der Waals surface area contributed by atoms with E-state index >= 15 is 0 Å². The fourth-order valence-electron chi connectivity index (χ4n) is 0. The number of aliphatic carboxylic acids is 1. The van der Waals surface area contributed by atoms with Crippen LogP contribution >= 0.6 is 0 Å². The van der Waals surface area contributed by atoms with Crippen molar-refractivity contribution in [1.29, 1.82) is 0 Å². The average Bonchev–Trinajstić information content (AvgIpc) is 1.65. The van der Waals surface area contributed by atoms with Gasteiger partial charge in [-0.1, -0.05) is 0 Å². The normalized spacial score (nSPS) is 5.00. The van der Waals surface area contributed by atoms with Crippen LogP contribution in [0.5, 0.6) is 0 Å². The van der Waals surface area contributed by atoms with Gasteiger partial charge in [0.05, 0.1) is 13.2 Å². The summed E-state index contributed by atoms with van der Waals surface area (Å²) in [5.41, 5.74) is 0. The standard InChI is InChI=1S/C2H4O2.C2H6O2.FH.Mn.H3N/c1-2(3)4;3-1-2-4;;;/h1H3,(H,3,4);3-4H,1-2H2;1H;;1H3/p-1. The van der Waals surface area contributed by atoms with Gasteiger partial charge in [-0.15, -0.1) is 0 Å². The summed E-state index contributed by atoms with van der Waals surface area (Å²) in [5.74, 6) is -1.08. The third kappa shape index (κ3) is 933. The summed E-state index contributed by atoms with van der Waals surface area (Å²) in [6.45, 7) is 0.722. The quantitative estimate of drug-likeness (QED) is 0.378. The molecule has 0 amide bonds. The van der Waals surface area contributed by atoms with Gasteiger partial charge < -0.3 is 31.0 Å². The summed E-state index contributed by atoms with van der Waals surface area (Å²) in [6.07, 6.45) is 0. The van der Waals surface area contributed by atoms with E-state index in [1.165, 1.54) is 0 Å². The Balaban J connectivity index is -0.0000000171. The van der Waals surface area contributed by atoms with Gasteiger partial charge in [0.2, 0.25) is 0 Å². The molecule has 0 saturated carbocycles. The maximum absolute atomic E-state index is 8.89. The van der Waals surface area contributed by atoms with Crippen LogP contribution in [0.4, 0.5) is 0 Å². The van der Waals surface area contributed by atoms with Gasteiger partial charge in [-0.25, -0.2) is 0 Å². The number of halogens is 1. The van der Waals surface area contributed by atoms with E-state index in [2.05, 4.69) is 0 Å². The minimum atomic E-state index is -1.08. The zero-order valence-corrected chi connectivity index (χ0v) is 7.56. The van der Waals surface area contributed by atoms with E-state index in [9.17, 15) is 0 Å². The number of aliphatic hydroxyl groups is 2. The van der Waals surface area contributed by atoms with Crippen molar-refractivity contribution in [1.82, 2.24) is 6.15 Å². The van der Waals surface area contributed by atoms with Gasteiger partial charge in [0.1, 0.15) is 0 Å². The van der Waals surface area contributed by atoms with Gasteiger partial charge in [-0.3, -0.25) is 0 Å². The molecule has 0 bridgehead atoms. The molecule has 0 aromatic carbocycles. The number of aliphatic hydroxyl groups excluding tert-OH is 2. The molecule has 0 saturated heterocycles. The van der Waals surface area contributed by atoms with E-state index in [0.717, 1.165) is 6.92 Å². The first-order valence-electron chi connectivity index (χ1n) is 2.04. The SMILES string of the molecule is CC(=O)[O-].OCCO.[F-].[Mn].[NH4+]. The van der Waals surface area contributed by atoms with Gasteiger partial charge in [0.25, 0.3) is 0 Å². The summed E-state index contributed by atoms with van der Waals surface area (Å²) in [7, 11) is 0. The van der Waals surface area contributed by atoms with Crippen molar-refractivity contribution in [2.75, 3.05) is 13.2 Å². The topological polar surface area (TPSA) is 117 Å². The molecule has 6 N–H and O–H groups in total. The van der Waals surface area contributed by atoms with Gasteiger partial charge in [-0.2, -0.15) is 0 Å². The Morgan fingerprint density at radius 1 is 1.36 bits per heavy atom. The minimum Gasteiger partial charge on any atom is -1.00 e. The van der Waals surface area contributed by atoms with Crippen molar-refractivity contribution in [3.05, 3.63) is 0 Å². The molecule has 0 spiro atoms. The Hall–Kier alpha value is -0.201. The molecule has 0 aliphatic rings. The van der Waals surface area contributed by atoms with Crippen LogP contribution in [0.2, 0.25) is 0 Å². The number of carbonyl (C=O) groups excluding carboxylic acids is 1. The van der Waals surface area contributed by atoms with Crippen LogP contribution in [-0.2, 0) is 21.9 Å². The second kappa shape index (κ2) is 32.9. The van der Waals surface area contributed by atoms with Crippen LogP contribution in [0, 0.1) is 0 Å². The molecule has 1 radical (unpaired) electrons. The predicted octanol–water partition coefficient (Wildman–Crippen LogP) is -4.90. The van der Waals surface area contributed by atoms with Crippen molar-refractivity contribution in [2.24, 2.45) is 0 Å². The number of carboxylic acids is 1. The van der Waals surface area contributed by atoms with Crippen molar-refractivity contribution >= 4 is 5.97 Å². The van der Waals surface area contributed by atoms with Gasteiger partial charge in [-0.05, 0) is 6.92 Å². The van der Waals surface area contributed by atoms with E-state index in [1.807, 2.05) is 0 Å². The summed E-state index contributed by atoms with van der Waals surface area (Å²) < 4.78 is 0. The molecule has 0 aliphatic carbocycles. The number of carbonyl (C=O) groups is 1. The first-order valence-corrected chi connectivity index (χ1v) is 2.04. The Labute approximate surface area is 74.8 Å². The zero-order chi connectivity index (χ0) is 6.99. The van der Waals surface area contributed by atoms with Crippen LogP contribution in [0.25, 0.3) is 0 Å². The van der Waals surface area contributed by atoms with Gasteiger partial charge in [0, 0.05) is 23.0 Å². The van der Waals surface area contributed by atoms with E-state index in [1.54, 1.807) is 0 Å². The molecule has 0 heterocycles. The summed E-state index contributed by atoms with van der Waals surface area (Å²) in [4.78, 5) is 8.89. The van der Waals surface area contributed by atoms with E-state index < -0.39 is 5.97 Å². The number of rotatable bonds is 1. The van der Waals surface area contributed by atoms with Crippen molar-refractivity contribution in [3.63, 3.8) is 0 Å². The molecule has 73 valence electrons. The molecule has 0 aromatic rings. The molecule has 0 fully saturated rings. The third-order valence-corrected chi connectivity index (χ3v) is 0.1000. The molecule has 0 aromatic heterocycles. The fraction of sp³-hybridized carbons (Fsp3) is 0.750. The first-order chi connectivity index (χ1) is 3.65. The molecular formula is C4H13FMnNO4-. The van der Waals surface area contributed by atoms with Gasteiger partial charge in [0.15, 0.2) is 0 Å². The average molecular weight is 213 g/mol. The number of carboxylic acid groups (broad SMARTS) is 1. The maximum atomic E-state index is 8.89. The molecule has 11 heavy (non-hydrogen) atoms. The van der Waals surface area contributed by atoms with Crippen LogP contribution < -0.4 is 16.0 Å². The molecule has 0 aliphatic heterocycles. The summed E-state index contributed by atoms with van der Waals surface area (Å²) in [6, 6.07) is 0. The van der Waals surface area contributed by atoms with Crippen molar-refractivity contribution in [2.45, 2.75) is 6.92 Å². The second-order valence-corrected chi connectivity index (χ2v) is 0.939. The largest absolute Gasteiger partial charge is 1.00 e. The smallest absolute Gasteiger partial charge is 0.0662 e. The van der Waals surface area contributed by atoms with Crippen molar-refractivity contribution < 1.29 is 41.9 Å².